The van der Waals surface area contributed by atoms with E-state index in [2.05, 4.69) is 5.32 Å². The molecule has 0 saturated heterocycles. The van der Waals surface area contributed by atoms with Gasteiger partial charge in [0.15, 0.2) is 0 Å². The van der Waals surface area contributed by atoms with Gasteiger partial charge in [0.1, 0.15) is 5.60 Å². The Labute approximate surface area is 122 Å². The van der Waals surface area contributed by atoms with Gasteiger partial charge < -0.3 is 24.8 Å². The van der Waals surface area contributed by atoms with E-state index in [1.54, 1.807) is 27.7 Å². The van der Waals surface area contributed by atoms with Crippen molar-refractivity contribution >= 4 is 6.09 Å². The molecule has 0 rings (SSSR count). The molecular weight excluding hydrogens is 260 g/mol. The molecule has 1 amide bonds. The minimum atomic E-state index is -1.02. The normalized spacial score (nSPS) is 15.0. The van der Waals surface area contributed by atoms with Gasteiger partial charge >= 0.3 is 6.09 Å². The molecule has 6 heteroatoms. The van der Waals surface area contributed by atoms with E-state index in [4.69, 9.17) is 9.47 Å². The van der Waals surface area contributed by atoms with Crippen LogP contribution < -0.4 is 5.32 Å². The maximum atomic E-state index is 11.5. The highest BCUT2D eigenvalue weighted by atomic mass is 16.6. The Balaban J connectivity index is 4.02. The second-order valence-corrected chi connectivity index (χ2v) is 6.29. The highest BCUT2D eigenvalue weighted by Crippen LogP contribution is 2.08. The van der Waals surface area contributed by atoms with Crippen molar-refractivity contribution < 1.29 is 19.4 Å². The van der Waals surface area contributed by atoms with E-state index in [1.165, 1.54) is 0 Å². The van der Waals surface area contributed by atoms with Crippen molar-refractivity contribution in [2.75, 3.05) is 39.9 Å². The lowest BCUT2D eigenvalue weighted by Crippen LogP contribution is -2.49. The molecule has 0 aromatic heterocycles. The Morgan fingerprint density at radius 3 is 2.40 bits per heavy atom. The summed E-state index contributed by atoms with van der Waals surface area (Å²) >= 11 is 0. The van der Waals surface area contributed by atoms with Gasteiger partial charge in [0.2, 0.25) is 0 Å². The second-order valence-electron chi connectivity index (χ2n) is 6.29. The van der Waals surface area contributed by atoms with Crippen LogP contribution >= 0.6 is 0 Å². The number of aliphatic hydroxyl groups is 1. The predicted molar refractivity (Wildman–Crippen MR) is 78.9 cm³/mol. The number of alkyl carbamates (subject to hydrolysis) is 1. The number of hydrogen-bond donors (Lipinski definition) is 2. The summed E-state index contributed by atoms with van der Waals surface area (Å²) in [5.74, 6) is 0. The molecule has 0 spiro atoms. The van der Waals surface area contributed by atoms with Gasteiger partial charge in [0.05, 0.1) is 18.8 Å². The summed E-state index contributed by atoms with van der Waals surface area (Å²) in [6.07, 6.45) is -0.519. The average Bonchev–Trinajstić information content (AvgIpc) is 2.24. The second kappa shape index (κ2) is 8.44. The highest BCUT2D eigenvalue weighted by Gasteiger charge is 2.24. The third-order valence-corrected chi connectivity index (χ3v) is 2.44. The van der Waals surface area contributed by atoms with Crippen molar-refractivity contribution in [3.8, 4) is 0 Å². The number of nitrogens with one attached hydrogen (secondary N) is 1. The van der Waals surface area contributed by atoms with Crippen LogP contribution in [0.5, 0.6) is 0 Å². The molecule has 0 aromatic rings. The van der Waals surface area contributed by atoms with E-state index in [0.29, 0.717) is 19.8 Å². The Morgan fingerprint density at radius 1 is 1.30 bits per heavy atom. The Hall–Kier alpha value is -0.850. The molecule has 6 nitrogen and oxygen atoms in total. The van der Waals surface area contributed by atoms with Gasteiger partial charge in [-0.3, -0.25) is 0 Å². The average molecular weight is 290 g/mol. The smallest absolute Gasteiger partial charge is 0.407 e. The molecular formula is C14H30N2O4. The fourth-order valence-corrected chi connectivity index (χ4v) is 1.66. The quantitative estimate of drug-likeness (QED) is 0.658. The first-order valence-corrected chi connectivity index (χ1v) is 7.01. The standard InChI is InChI=1S/C14H30N2O4/c1-7-19-9-8-16(6)11-14(5,18)10-15-12(17)20-13(2,3)4/h18H,7-11H2,1-6H3,(H,15,17). The van der Waals surface area contributed by atoms with Gasteiger partial charge in [-0.05, 0) is 41.7 Å². The topological polar surface area (TPSA) is 71.0 Å². The molecule has 0 radical (unpaired) electrons. The van der Waals surface area contributed by atoms with Crippen molar-refractivity contribution in [3.05, 3.63) is 0 Å². The summed E-state index contributed by atoms with van der Waals surface area (Å²) in [4.78, 5) is 13.5. The van der Waals surface area contributed by atoms with Gasteiger partial charge in [-0.2, -0.15) is 0 Å². The van der Waals surface area contributed by atoms with Crippen molar-refractivity contribution in [2.24, 2.45) is 0 Å². The van der Waals surface area contributed by atoms with Gasteiger partial charge in [0.25, 0.3) is 0 Å². The van der Waals surface area contributed by atoms with Gasteiger partial charge in [-0.15, -0.1) is 0 Å². The lowest BCUT2D eigenvalue weighted by molar-refractivity contribution is 0.0109. The lowest BCUT2D eigenvalue weighted by atomic mass is 10.1. The van der Waals surface area contributed by atoms with Gasteiger partial charge in [-0.25, -0.2) is 4.79 Å². The zero-order valence-corrected chi connectivity index (χ0v) is 13.7. The summed E-state index contributed by atoms with van der Waals surface area (Å²) in [7, 11) is 1.90. The van der Waals surface area contributed by atoms with Crippen LogP contribution in [0.15, 0.2) is 0 Å². The number of likely N-dealkylation sites (N-methyl/N-ethyl adjacent to an activating group) is 1. The summed E-state index contributed by atoms with van der Waals surface area (Å²) in [5, 5.41) is 12.8. The Morgan fingerprint density at radius 2 is 1.90 bits per heavy atom. The molecule has 2 N–H and O–H groups in total. The third kappa shape index (κ3) is 11.0. The first kappa shape index (κ1) is 19.1. The van der Waals surface area contributed by atoms with Gasteiger partial charge in [0, 0.05) is 19.7 Å². The van der Waals surface area contributed by atoms with Crippen LogP contribution in [0, 0.1) is 0 Å². The third-order valence-electron chi connectivity index (χ3n) is 2.44. The molecule has 1 atom stereocenters. The van der Waals surface area contributed by atoms with Crippen molar-refractivity contribution in [2.45, 2.75) is 45.8 Å². The monoisotopic (exact) mass is 290 g/mol. The van der Waals surface area contributed by atoms with Gasteiger partial charge in [-0.1, -0.05) is 0 Å². The molecule has 0 heterocycles. The van der Waals surface area contributed by atoms with Crippen LogP contribution in [0.4, 0.5) is 4.79 Å². The number of ether oxygens (including phenoxy) is 2. The number of nitrogens with zero attached hydrogens (tertiary/aromatic N) is 1. The molecule has 0 aliphatic rings. The zero-order valence-electron chi connectivity index (χ0n) is 13.7. The first-order valence-electron chi connectivity index (χ1n) is 7.01. The van der Waals surface area contributed by atoms with Crippen molar-refractivity contribution in [3.63, 3.8) is 0 Å². The van der Waals surface area contributed by atoms with E-state index in [9.17, 15) is 9.90 Å². The molecule has 0 aliphatic carbocycles. The summed E-state index contributed by atoms with van der Waals surface area (Å²) < 4.78 is 10.4. The molecule has 0 bridgehead atoms. The summed E-state index contributed by atoms with van der Waals surface area (Å²) in [6.45, 7) is 11.6. The summed E-state index contributed by atoms with van der Waals surface area (Å²) in [6, 6.07) is 0. The lowest BCUT2D eigenvalue weighted by Gasteiger charge is -2.29. The molecule has 120 valence electrons. The van der Waals surface area contributed by atoms with Crippen LogP contribution in [-0.4, -0.2) is 67.2 Å². The summed E-state index contributed by atoms with van der Waals surface area (Å²) in [5.41, 5.74) is -1.55. The molecule has 0 saturated carbocycles. The highest BCUT2D eigenvalue weighted by molar-refractivity contribution is 5.67. The van der Waals surface area contributed by atoms with Crippen LogP contribution in [0.1, 0.15) is 34.6 Å². The maximum Gasteiger partial charge on any atom is 0.407 e. The Kier molecular flexibility index (Phi) is 8.08. The minimum Gasteiger partial charge on any atom is -0.444 e. The van der Waals surface area contributed by atoms with Crippen LogP contribution in [0.2, 0.25) is 0 Å². The molecule has 0 aliphatic heterocycles. The largest absolute Gasteiger partial charge is 0.444 e. The maximum absolute atomic E-state index is 11.5. The van der Waals surface area contributed by atoms with Crippen molar-refractivity contribution in [1.82, 2.24) is 10.2 Å². The van der Waals surface area contributed by atoms with Crippen LogP contribution in [0.3, 0.4) is 0 Å². The number of rotatable bonds is 8. The van der Waals surface area contributed by atoms with Crippen LogP contribution in [-0.2, 0) is 9.47 Å². The van der Waals surface area contributed by atoms with Crippen LogP contribution in [0.25, 0.3) is 0 Å². The number of carbonyl (C=O) groups excluding carboxylic acids is 1. The number of amides is 1. The SMILES string of the molecule is CCOCCN(C)CC(C)(O)CNC(=O)OC(C)(C)C. The predicted octanol–water partition coefficient (Wildman–Crippen LogP) is 1.23. The Bertz CT molecular complexity index is 287. The molecule has 20 heavy (non-hydrogen) atoms. The minimum absolute atomic E-state index is 0.140. The van der Waals surface area contributed by atoms with E-state index < -0.39 is 17.3 Å². The zero-order chi connectivity index (χ0) is 15.8. The number of hydrogen-bond acceptors (Lipinski definition) is 5. The number of carbonyl (C=O) groups is 1. The molecule has 0 fully saturated rings. The fraction of sp³-hybridized carbons (Fsp3) is 0.929. The van der Waals surface area contributed by atoms with E-state index in [1.807, 2.05) is 18.9 Å². The van der Waals surface area contributed by atoms with Crippen molar-refractivity contribution in [1.29, 1.82) is 0 Å². The van der Waals surface area contributed by atoms with E-state index in [-0.39, 0.29) is 6.54 Å². The van der Waals surface area contributed by atoms with E-state index >= 15 is 0 Å². The molecule has 1 unspecified atom stereocenters. The van der Waals surface area contributed by atoms with E-state index in [0.717, 1.165) is 6.54 Å². The first-order chi connectivity index (χ1) is 9.06. The fourth-order valence-electron chi connectivity index (χ4n) is 1.66. The molecule has 0 aromatic carbocycles.